The van der Waals surface area contributed by atoms with Crippen LogP contribution in [0.4, 0.5) is 14.5 Å². The first-order valence-electron chi connectivity index (χ1n) is 8.44. The van der Waals surface area contributed by atoms with Gasteiger partial charge in [0, 0.05) is 43.9 Å². The fourth-order valence-corrected chi connectivity index (χ4v) is 2.92. The average molecular weight is 369 g/mol. The van der Waals surface area contributed by atoms with Crippen LogP contribution in [0.25, 0.3) is 0 Å². The van der Waals surface area contributed by atoms with Crippen LogP contribution < -0.4 is 14.8 Å². The molecule has 0 atom stereocenters. The molecule has 26 heavy (non-hydrogen) atoms. The van der Waals surface area contributed by atoms with Gasteiger partial charge in [0.05, 0.1) is 6.54 Å². The molecule has 2 amide bonds. The average Bonchev–Trinajstić information content (AvgIpc) is 2.87. The number of carbonyl (C=O) groups excluding carboxylic acids is 2. The zero-order valence-electron chi connectivity index (χ0n) is 14.6. The van der Waals surface area contributed by atoms with Crippen LogP contribution in [0.1, 0.15) is 13.8 Å². The Morgan fingerprint density at radius 1 is 1.15 bits per heavy atom. The van der Waals surface area contributed by atoms with Crippen molar-refractivity contribution < 1.29 is 27.8 Å². The Bertz CT molecular complexity index is 703. The van der Waals surface area contributed by atoms with E-state index in [0.717, 1.165) is 0 Å². The number of nitrogens with zero attached hydrogens (tertiary/aromatic N) is 2. The van der Waals surface area contributed by atoms with Crippen LogP contribution >= 0.6 is 0 Å². The van der Waals surface area contributed by atoms with Gasteiger partial charge >= 0.3 is 6.29 Å². The van der Waals surface area contributed by atoms with E-state index >= 15 is 0 Å². The summed E-state index contributed by atoms with van der Waals surface area (Å²) in [7, 11) is 0. The topological polar surface area (TPSA) is 71.1 Å². The second-order valence-electron chi connectivity index (χ2n) is 6.63. The number of carbonyl (C=O) groups is 2. The third-order valence-corrected chi connectivity index (χ3v) is 4.23. The number of rotatable bonds is 4. The van der Waals surface area contributed by atoms with Crippen LogP contribution in [0.3, 0.4) is 0 Å². The molecule has 1 aromatic carbocycles. The lowest BCUT2D eigenvalue weighted by molar-refractivity contribution is -0.286. The molecule has 0 unspecified atom stereocenters. The molecule has 0 spiro atoms. The largest absolute Gasteiger partial charge is 0.586 e. The van der Waals surface area contributed by atoms with E-state index in [9.17, 15) is 18.4 Å². The van der Waals surface area contributed by atoms with Crippen LogP contribution in [0.5, 0.6) is 11.5 Å². The van der Waals surface area contributed by atoms with Gasteiger partial charge in [0.15, 0.2) is 11.5 Å². The molecule has 1 N–H and O–H groups in total. The number of anilines is 1. The number of hydrogen-bond donors (Lipinski definition) is 1. The van der Waals surface area contributed by atoms with E-state index in [1.54, 1.807) is 4.90 Å². The second-order valence-corrected chi connectivity index (χ2v) is 6.63. The standard InChI is InChI=1S/C17H21F2N3O4/c1-11(2)16(24)22-7-5-21(6-8-22)10-15(23)20-12-3-4-13-14(9-12)26-17(18,19)25-13/h3-4,9,11H,5-8,10H2,1-2H3,(H,20,23). The Kier molecular flexibility index (Phi) is 4.99. The third-order valence-electron chi connectivity index (χ3n) is 4.23. The van der Waals surface area contributed by atoms with Gasteiger partial charge in [0.2, 0.25) is 11.8 Å². The number of halogens is 2. The van der Waals surface area contributed by atoms with Gasteiger partial charge in [-0.25, -0.2) is 0 Å². The van der Waals surface area contributed by atoms with Gasteiger partial charge in [-0.2, -0.15) is 0 Å². The summed E-state index contributed by atoms with van der Waals surface area (Å²) < 4.78 is 34.7. The van der Waals surface area contributed by atoms with Gasteiger partial charge in [-0.15, -0.1) is 8.78 Å². The van der Waals surface area contributed by atoms with Crippen LogP contribution in [0, 0.1) is 5.92 Å². The number of benzene rings is 1. The number of nitrogens with one attached hydrogen (secondary N) is 1. The van der Waals surface area contributed by atoms with Crippen molar-refractivity contribution in [2.75, 3.05) is 38.0 Å². The maximum Gasteiger partial charge on any atom is 0.586 e. The lowest BCUT2D eigenvalue weighted by Gasteiger charge is -2.35. The predicted molar refractivity (Wildman–Crippen MR) is 89.1 cm³/mol. The molecule has 1 saturated heterocycles. The van der Waals surface area contributed by atoms with Gasteiger partial charge in [-0.05, 0) is 12.1 Å². The molecule has 2 heterocycles. The second kappa shape index (κ2) is 7.06. The number of alkyl halides is 2. The van der Waals surface area contributed by atoms with Crippen molar-refractivity contribution in [3.8, 4) is 11.5 Å². The van der Waals surface area contributed by atoms with E-state index in [1.165, 1.54) is 18.2 Å². The molecule has 2 aliphatic rings. The highest BCUT2D eigenvalue weighted by Gasteiger charge is 2.43. The molecule has 7 nitrogen and oxygen atoms in total. The summed E-state index contributed by atoms with van der Waals surface area (Å²) in [5.41, 5.74) is 0.351. The maximum absolute atomic E-state index is 13.0. The first-order chi connectivity index (χ1) is 12.2. The quantitative estimate of drug-likeness (QED) is 0.876. The van der Waals surface area contributed by atoms with E-state index in [0.29, 0.717) is 31.9 Å². The minimum absolute atomic E-state index is 0.0387. The molecular weight excluding hydrogens is 348 g/mol. The van der Waals surface area contributed by atoms with Gasteiger partial charge in [0.25, 0.3) is 0 Å². The number of piperazine rings is 1. The summed E-state index contributed by atoms with van der Waals surface area (Å²) >= 11 is 0. The van der Waals surface area contributed by atoms with E-state index in [1.807, 2.05) is 18.7 Å². The van der Waals surface area contributed by atoms with E-state index < -0.39 is 6.29 Å². The van der Waals surface area contributed by atoms with E-state index in [4.69, 9.17) is 0 Å². The SMILES string of the molecule is CC(C)C(=O)N1CCN(CC(=O)Nc2ccc3c(c2)OC(F)(F)O3)CC1. The molecule has 0 radical (unpaired) electrons. The molecule has 142 valence electrons. The summed E-state index contributed by atoms with van der Waals surface area (Å²) in [5.74, 6) is -0.374. The van der Waals surface area contributed by atoms with Crippen LogP contribution in [-0.2, 0) is 9.59 Å². The summed E-state index contributed by atoms with van der Waals surface area (Å²) in [6.07, 6.45) is -3.68. The smallest absolute Gasteiger partial charge is 0.395 e. The zero-order valence-corrected chi connectivity index (χ0v) is 14.6. The van der Waals surface area contributed by atoms with E-state index in [2.05, 4.69) is 14.8 Å². The third kappa shape index (κ3) is 4.21. The Morgan fingerprint density at radius 2 is 1.81 bits per heavy atom. The lowest BCUT2D eigenvalue weighted by atomic mass is 10.1. The summed E-state index contributed by atoms with van der Waals surface area (Å²) in [5, 5.41) is 2.66. The molecule has 2 aliphatic heterocycles. The van der Waals surface area contributed by atoms with Crippen molar-refractivity contribution in [2.24, 2.45) is 5.92 Å². The molecule has 9 heteroatoms. The van der Waals surface area contributed by atoms with Crippen molar-refractivity contribution >= 4 is 17.5 Å². The number of ether oxygens (including phenoxy) is 2. The van der Waals surface area contributed by atoms with Crippen LogP contribution in [0.15, 0.2) is 18.2 Å². The summed E-state index contributed by atoms with van der Waals surface area (Å²) in [6.45, 7) is 6.28. The van der Waals surface area contributed by atoms with Gasteiger partial charge in [-0.3, -0.25) is 14.5 Å². The number of fused-ring (bicyclic) bond motifs is 1. The Labute approximate surface area is 149 Å². The first kappa shape index (κ1) is 18.4. The van der Waals surface area contributed by atoms with Crippen molar-refractivity contribution in [1.29, 1.82) is 0 Å². The van der Waals surface area contributed by atoms with Crippen LogP contribution in [0.2, 0.25) is 0 Å². The summed E-state index contributed by atoms with van der Waals surface area (Å²) in [6, 6.07) is 4.09. The molecule has 0 aliphatic carbocycles. The van der Waals surface area contributed by atoms with Crippen molar-refractivity contribution in [3.05, 3.63) is 18.2 Å². The number of amides is 2. The zero-order chi connectivity index (χ0) is 18.9. The van der Waals surface area contributed by atoms with Crippen LogP contribution in [-0.4, -0.2) is 60.6 Å². The highest BCUT2D eigenvalue weighted by Crippen LogP contribution is 2.42. The monoisotopic (exact) mass is 369 g/mol. The Hall–Kier alpha value is -2.42. The molecular formula is C17H21F2N3O4. The van der Waals surface area contributed by atoms with Gasteiger partial charge in [-0.1, -0.05) is 13.8 Å². The van der Waals surface area contributed by atoms with Crippen molar-refractivity contribution in [3.63, 3.8) is 0 Å². The van der Waals surface area contributed by atoms with E-state index in [-0.39, 0.29) is 35.8 Å². The highest BCUT2D eigenvalue weighted by atomic mass is 19.3. The Morgan fingerprint density at radius 3 is 2.46 bits per heavy atom. The van der Waals surface area contributed by atoms with Gasteiger partial charge in [0.1, 0.15) is 0 Å². The maximum atomic E-state index is 13.0. The highest BCUT2D eigenvalue weighted by molar-refractivity contribution is 5.92. The van der Waals surface area contributed by atoms with Crippen molar-refractivity contribution in [2.45, 2.75) is 20.1 Å². The molecule has 1 fully saturated rings. The summed E-state index contributed by atoms with van der Waals surface area (Å²) in [4.78, 5) is 27.9. The Balaban J connectivity index is 1.49. The number of hydrogen-bond acceptors (Lipinski definition) is 5. The molecule has 1 aromatic rings. The molecule has 0 bridgehead atoms. The lowest BCUT2D eigenvalue weighted by Crippen LogP contribution is -2.51. The molecule has 3 rings (SSSR count). The molecule has 0 aromatic heterocycles. The minimum atomic E-state index is -3.68. The van der Waals surface area contributed by atoms with Gasteiger partial charge < -0.3 is 19.7 Å². The minimum Gasteiger partial charge on any atom is -0.395 e. The predicted octanol–water partition coefficient (Wildman–Crippen LogP) is 1.75. The fourth-order valence-electron chi connectivity index (χ4n) is 2.92. The normalized spacial score (nSPS) is 18.9. The molecule has 0 saturated carbocycles. The fraction of sp³-hybridized carbons (Fsp3) is 0.529. The van der Waals surface area contributed by atoms with Crippen molar-refractivity contribution in [1.82, 2.24) is 9.80 Å². The first-order valence-corrected chi connectivity index (χ1v) is 8.44.